The minimum Gasteiger partial charge on any atom is -0.454 e. The summed E-state index contributed by atoms with van der Waals surface area (Å²) in [6.07, 6.45) is 1.98. The summed E-state index contributed by atoms with van der Waals surface area (Å²) in [6, 6.07) is 23.3. The lowest BCUT2D eigenvalue weighted by atomic mass is 9.64. The van der Waals surface area contributed by atoms with Crippen molar-refractivity contribution in [3.05, 3.63) is 129 Å². The van der Waals surface area contributed by atoms with Gasteiger partial charge in [0.1, 0.15) is 11.5 Å². The van der Waals surface area contributed by atoms with E-state index in [1.807, 2.05) is 60.4 Å². The van der Waals surface area contributed by atoms with Gasteiger partial charge in [0, 0.05) is 40.2 Å². The zero-order valence-corrected chi connectivity index (χ0v) is 23.9. The number of ether oxygens (including phenoxy) is 2. The molecule has 4 aliphatic heterocycles. The predicted octanol–water partition coefficient (Wildman–Crippen LogP) is 5.57. The predicted molar refractivity (Wildman–Crippen MR) is 165 cm³/mol. The van der Waals surface area contributed by atoms with Gasteiger partial charge in [-0.2, -0.15) is 0 Å². The van der Waals surface area contributed by atoms with Crippen LogP contribution in [0.3, 0.4) is 0 Å². The summed E-state index contributed by atoms with van der Waals surface area (Å²) in [4.78, 5) is 57.1. The number of hydrogen-bond donors (Lipinski definition) is 1. The Balaban J connectivity index is 1.40. The van der Waals surface area contributed by atoms with Crippen molar-refractivity contribution in [3.8, 4) is 11.5 Å². The van der Waals surface area contributed by atoms with E-state index < -0.39 is 39.9 Å². The largest absolute Gasteiger partial charge is 0.454 e. The molecule has 10 nitrogen and oxygen atoms in total. The van der Waals surface area contributed by atoms with Crippen LogP contribution in [-0.2, 0) is 10.2 Å². The molecular weight excluding hydrogens is 574 g/mol. The van der Waals surface area contributed by atoms with E-state index in [9.17, 15) is 19.7 Å². The van der Waals surface area contributed by atoms with Crippen LogP contribution in [0.25, 0.3) is 5.57 Å². The maximum Gasteiger partial charge on any atom is 0.269 e. The minimum atomic E-state index is -1.49. The molecule has 1 N–H and O–H groups in total. The summed E-state index contributed by atoms with van der Waals surface area (Å²) < 4.78 is 11.1. The van der Waals surface area contributed by atoms with Gasteiger partial charge in [-0.25, -0.2) is 0 Å². The molecule has 222 valence electrons. The molecule has 8 rings (SSSR count). The van der Waals surface area contributed by atoms with Crippen molar-refractivity contribution in [2.75, 3.05) is 17.0 Å². The van der Waals surface area contributed by atoms with E-state index in [2.05, 4.69) is 5.32 Å². The molecular formula is C35H25N3O7. The summed E-state index contributed by atoms with van der Waals surface area (Å²) >= 11 is 0. The second kappa shape index (κ2) is 9.62. The third-order valence-corrected chi connectivity index (χ3v) is 9.45. The van der Waals surface area contributed by atoms with Crippen LogP contribution in [-0.4, -0.2) is 41.3 Å². The van der Waals surface area contributed by atoms with Gasteiger partial charge in [0.25, 0.3) is 5.69 Å². The Morgan fingerprint density at radius 1 is 0.911 bits per heavy atom. The van der Waals surface area contributed by atoms with Crippen molar-refractivity contribution in [3.63, 3.8) is 0 Å². The fourth-order valence-electron chi connectivity index (χ4n) is 7.53. The van der Waals surface area contributed by atoms with Crippen molar-refractivity contribution in [1.29, 1.82) is 0 Å². The first-order valence-electron chi connectivity index (χ1n) is 14.5. The summed E-state index contributed by atoms with van der Waals surface area (Å²) in [5, 5.41) is 14.4. The average Bonchev–Trinajstić information content (AvgIpc) is 3.73. The zero-order chi connectivity index (χ0) is 31.0. The first-order valence-corrected chi connectivity index (χ1v) is 14.5. The lowest BCUT2D eigenvalue weighted by Crippen LogP contribution is -2.51. The van der Waals surface area contributed by atoms with E-state index in [1.54, 1.807) is 24.3 Å². The molecule has 4 aromatic rings. The first-order chi connectivity index (χ1) is 21.8. The summed E-state index contributed by atoms with van der Waals surface area (Å²) in [7, 11) is 0. The molecule has 4 atom stereocenters. The number of fused-ring (bicyclic) bond motifs is 7. The Hall–Kier alpha value is -5.77. The van der Waals surface area contributed by atoms with Crippen LogP contribution < -0.4 is 19.7 Å². The molecule has 0 saturated carbocycles. The first kappa shape index (κ1) is 26.8. The van der Waals surface area contributed by atoms with Gasteiger partial charge in [-0.1, -0.05) is 42.5 Å². The van der Waals surface area contributed by atoms with Gasteiger partial charge in [0.05, 0.1) is 16.9 Å². The highest BCUT2D eigenvalue weighted by Crippen LogP contribution is 2.59. The van der Waals surface area contributed by atoms with Gasteiger partial charge in [-0.3, -0.25) is 24.5 Å². The van der Waals surface area contributed by atoms with E-state index in [4.69, 9.17) is 9.47 Å². The third-order valence-electron chi connectivity index (χ3n) is 9.45. The van der Waals surface area contributed by atoms with Crippen LogP contribution in [0.15, 0.2) is 97.1 Å². The molecule has 4 aliphatic rings. The van der Waals surface area contributed by atoms with E-state index in [0.717, 1.165) is 16.8 Å². The van der Waals surface area contributed by atoms with Crippen LogP contribution in [0.4, 0.5) is 17.1 Å². The van der Waals surface area contributed by atoms with Crippen LogP contribution >= 0.6 is 0 Å². The number of carbonyl (C=O) groups excluding carboxylic acids is 3. The number of nitro benzene ring substituents is 1. The Kier molecular flexibility index (Phi) is 5.73. The summed E-state index contributed by atoms with van der Waals surface area (Å²) in [5.41, 5.74) is 2.56. The Bertz CT molecular complexity index is 2000. The molecule has 0 aromatic heterocycles. The highest BCUT2D eigenvalue weighted by molar-refractivity contribution is 6.18. The summed E-state index contributed by atoms with van der Waals surface area (Å²) in [6.45, 7) is 1.98. The number of anilines is 2. The number of para-hydroxylation sites is 2. The average molecular weight is 600 g/mol. The number of Topliss-reactive ketones (excluding diaryl/α,β-unsaturated/α-hetero) is 2. The highest BCUT2D eigenvalue weighted by Gasteiger charge is 2.70. The van der Waals surface area contributed by atoms with E-state index in [0.29, 0.717) is 22.7 Å². The maximum atomic E-state index is 15.0. The third kappa shape index (κ3) is 3.65. The second-order valence-corrected chi connectivity index (χ2v) is 11.6. The number of nitrogens with zero attached hydrogens (tertiary/aromatic N) is 2. The Morgan fingerprint density at radius 3 is 2.42 bits per heavy atom. The normalized spacial score (nSPS) is 23.6. The monoisotopic (exact) mass is 599 g/mol. The quantitative estimate of drug-likeness (QED) is 0.179. The number of ketones is 2. The van der Waals surface area contributed by atoms with Crippen molar-refractivity contribution in [2.24, 2.45) is 5.92 Å². The number of amides is 1. The summed E-state index contributed by atoms with van der Waals surface area (Å²) in [5.74, 6) is -1.49. The number of benzene rings is 4. The molecule has 1 fully saturated rings. The number of non-ortho nitro benzene ring substituents is 1. The van der Waals surface area contributed by atoms with Crippen LogP contribution in [0.2, 0.25) is 0 Å². The SMILES string of the molecule is CC1=C[C@H]2N(c3ccccc31)[C@H](C(=O)c1ccc([N+](=O)[O-])cc1)[C@@H](C(=O)c1ccc3c(c1)OCO3)[C@]21C(=O)Nc2ccccc21. The molecule has 10 heteroatoms. The maximum absolute atomic E-state index is 15.0. The fourth-order valence-corrected chi connectivity index (χ4v) is 7.53. The van der Waals surface area contributed by atoms with E-state index in [-0.39, 0.29) is 29.5 Å². The molecule has 1 spiro atoms. The van der Waals surface area contributed by atoms with Gasteiger partial charge in [-0.15, -0.1) is 0 Å². The molecule has 4 heterocycles. The number of hydrogen-bond acceptors (Lipinski definition) is 8. The zero-order valence-electron chi connectivity index (χ0n) is 23.9. The van der Waals surface area contributed by atoms with Crippen molar-refractivity contribution in [1.82, 2.24) is 0 Å². The Morgan fingerprint density at radius 2 is 1.62 bits per heavy atom. The van der Waals surface area contributed by atoms with Gasteiger partial charge in [0.15, 0.2) is 23.1 Å². The molecule has 0 aliphatic carbocycles. The Labute approximate surface area is 257 Å². The smallest absolute Gasteiger partial charge is 0.269 e. The van der Waals surface area contributed by atoms with Crippen LogP contribution in [0.5, 0.6) is 11.5 Å². The van der Waals surface area contributed by atoms with Gasteiger partial charge in [0.2, 0.25) is 12.7 Å². The second-order valence-electron chi connectivity index (χ2n) is 11.6. The van der Waals surface area contributed by atoms with Gasteiger partial charge in [-0.05, 0) is 60.5 Å². The molecule has 1 saturated heterocycles. The molecule has 0 unspecified atom stereocenters. The molecule has 4 aromatic carbocycles. The van der Waals surface area contributed by atoms with Crippen molar-refractivity contribution >= 4 is 40.1 Å². The topological polar surface area (TPSA) is 128 Å². The van der Waals surface area contributed by atoms with E-state index in [1.165, 1.54) is 24.3 Å². The standard InChI is InChI=1S/C35H25N3O7/c1-19-16-29-35(24-7-3-4-8-25(24)36-34(35)41)30(32(39)21-12-15-27-28(17-21)45-18-44-27)31(37(29)26-9-5-2-6-23(19)26)33(40)20-10-13-22(14-11-20)38(42)43/h2-17,29-31H,18H2,1H3,(H,36,41)/t29-,30+,31+,35-/m1/s1. The molecule has 45 heavy (non-hydrogen) atoms. The lowest BCUT2D eigenvalue weighted by molar-refractivity contribution is -0.384. The van der Waals surface area contributed by atoms with Gasteiger partial charge < -0.3 is 19.7 Å². The number of nitrogens with one attached hydrogen (secondary N) is 1. The van der Waals surface area contributed by atoms with E-state index >= 15 is 4.79 Å². The van der Waals surface area contributed by atoms with Crippen molar-refractivity contribution < 1.29 is 28.8 Å². The molecule has 1 amide bonds. The lowest BCUT2D eigenvalue weighted by Gasteiger charge is -2.39. The fraction of sp³-hybridized carbons (Fsp3) is 0.171. The number of rotatable bonds is 5. The minimum absolute atomic E-state index is 0.0219. The van der Waals surface area contributed by atoms with Crippen molar-refractivity contribution in [2.45, 2.75) is 24.4 Å². The number of allylic oxidation sites excluding steroid dienone is 1. The number of carbonyl (C=O) groups is 3. The van der Waals surface area contributed by atoms with Crippen LogP contribution in [0.1, 0.15) is 38.8 Å². The molecule has 0 radical (unpaired) electrons. The van der Waals surface area contributed by atoms with Gasteiger partial charge >= 0.3 is 0 Å². The number of nitro groups is 1. The molecule has 0 bridgehead atoms. The highest BCUT2D eigenvalue weighted by atomic mass is 16.7. The van der Waals surface area contributed by atoms with Crippen LogP contribution in [0, 0.1) is 16.0 Å².